The summed E-state index contributed by atoms with van der Waals surface area (Å²) >= 11 is 0. The van der Waals surface area contributed by atoms with Crippen LogP contribution in [0, 0.1) is 0 Å². The molecule has 0 saturated heterocycles. The molecule has 5 heteroatoms. The van der Waals surface area contributed by atoms with E-state index < -0.39 is 5.54 Å². The zero-order chi connectivity index (χ0) is 21.1. The molecular weight excluding hydrogens is 384 g/mol. The summed E-state index contributed by atoms with van der Waals surface area (Å²) in [4.78, 5) is 1.67. The average Bonchev–Trinajstić information content (AvgIpc) is 3.32. The zero-order valence-corrected chi connectivity index (χ0v) is 16.7. The fourth-order valence-electron chi connectivity index (χ4n) is 4.00. The number of tetrazole rings is 1. The Morgan fingerprint density at radius 2 is 1.13 bits per heavy atom. The first-order chi connectivity index (χ1) is 15.3. The van der Waals surface area contributed by atoms with Crippen molar-refractivity contribution in [2.24, 2.45) is 0 Å². The van der Waals surface area contributed by atoms with Gasteiger partial charge in [0.05, 0.1) is 0 Å². The second kappa shape index (κ2) is 7.88. The average molecular weight is 404 g/mol. The van der Waals surface area contributed by atoms with E-state index >= 15 is 0 Å². The molecule has 5 nitrogen and oxygen atoms in total. The van der Waals surface area contributed by atoms with Crippen LogP contribution >= 0.6 is 0 Å². The summed E-state index contributed by atoms with van der Waals surface area (Å²) in [6, 6.07) is 37.5. The first-order valence-corrected chi connectivity index (χ1v) is 10.0. The van der Waals surface area contributed by atoms with Gasteiger partial charge in [0.2, 0.25) is 5.82 Å². The van der Waals surface area contributed by atoms with Crippen molar-refractivity contribution in [3.63, 3.8) is 0 Å². The first kappa shape index (κ1) is 18.8. The molecule has 0 amide bonds. The van der Waals surface area contributed by atoms with Crippen LogP contribution in [-0.2, 0) is 5.54 Å². The molecule has 31 heavy (non-hydrogen) atoms. The standard InChI is InChI=1S/C26H20N4O/c31-24-18-10-11-20(19-24)25-27-29-30(28-25)26(21-12-4-1-5-13-21,22-14-6-2-7-15-22)23-16-8-3-9-17-23/h1-19,31H. The molecule has 4 aromatic carbocycles. The van der Waals surface area contributed by atoms with Crippen LogP contribution in [0.3, 0.4) is 0 Å². The third-order valence-electron chi connectivity index (χ3n) is 5.39. The Morgan fingerprint density at radius 3 is 1.61 bits per heavy atom. The molecule has 0 fully saturated rings. The number of hydrogen-bond acceptors (Lipinski definition) is 4. The normalized spacial score (nSPS) is 11.4. The quantitative estimate of drug-likeness (QED) is 0.424. The monoisotopic (exact) mass is 404 g/mol. The highest BCUT2D eigenvalue weighted by molar-refractivity contribution is 5.57. The molecular formula is C26H20N4O. The van der Waals surface area contributed by atoms with E-state index in [2.05, 4.69) is 46.7 Å². The van der Waals surface area contributed by atoms with Crippen molar-refractivity contribution < 1.29 is 5.11 Å². The Hall–Kier alpha value is -4.25. The van der Waals surface area contributed by atoms with E-state index in [0.717, 1.165) is 16.7 Å². The molecule has 1 heterocycles. The highest BCUT2D eigenvalue weighted by Crippen LogP contribution is 2.39. The summed E-state index contributed by atoms with van der Waals surface area (Å²) in [6.07, 6.45) is 0. The van der Waals surface area contributed by atoms with Gasteiger partial charge in [0.25, 0.3) is 0 Å². The molecule has 0 bridgehead atoms. The Bertz CT molecular complexity index is 1190. The Labute approximate surface area is 180 Å². The molecule has 150 valence electrons. The lowest BCUT2D eigenvalue weighted by atomic mass is 9.77. The number of aromatic nitrogens is 4. The number of rotatable bonds is 5. The fraction of sp³-hybridized carbons (Fsp3) is 0.0385. The van der Waals surface area contributed by atoms with Gasteiger partial charge in [0.15, 0.2) is 5.54 Å². The topological polar surface area (TPSA) is 63.8 Å². The van der Waals surface area contributed by atoms with Crippen LogP contribution in [0.2, 0.25) is 0 Å². The predicted octanol–water partition coefficient (Wildman–Crippen LogP) is 4.89. The van der Waals surface area contributed by atoms with Crippen molar-refractivity contribution >= 4 is 0 Å². The molecule has 0 aliphatic rings. The number of nitrogens with zero attached hydrogens (tertiary/aromatic N) is 4. The van der Waals surface area contributed by atoms with Crippen molar-refractivity contribution in [2.75, 3.05) is 0 Å². The molecule has 5 aromatic rings. The van der Waals surface area contributed by atoms with Crippen LogP contribution in [0.15, 0.2) is 115 Å². The van der Waals surface area contributed by atoms with Crippen molar-refractivity contribution in [1.29, 1.82) is 0 Å². The van der Waals surface area contributed by atoms with Gasteiger partial charge in [0.1, 0.15) is 5.75 Å². The van der Waals surface area contributed by atoms with Crippen LogP contribution < -0.4 is 0 Å². The van der Waals surface area contributed by atoms with Crippen LogP contribution in [0.5, 0.6) is 5.75 Å². The van der Waals surface area contributed by atoms with Crippen LogP contribution in [0.25, 0.3) is 11.4 Å². The van der Waals surface area contributed by atoms with Gasteiger partial charge in [-0.15, -0.1) is 15.0 Å². The summed E-state index contributed by atoms with van der Waals surface area (Å²) in [6.45, 7) is 0. The molecule has 1 aromatic heterocycles. The summed E-state index contributed by atoms with van der Waals surface area (Å²) in [5.41, 5.74) is 2.95. The maximum absolute atomic E-state index is 9.89. The van der Waals surface area contributed by atoms with E-state index in [1.165, 1.54) is 0 Å². The molecule has 0 aliphatic heterocycles. The van der Waals surface area contributed by atoms with Gasteiger partial charge in [-0.05, 0) is 34.0 Å². The maximum atomic E-state index is 9.89. The third-order valence-corrected chi connectivity index (χ3v) is 5.39. The van der Waals surface area contributed by atoms with Gasteiger partial charge in [-0.3, -0.25) is 0 Å². The van der Waals surface area contributed by atoms with E-state index in [9.17, 15) is 5.11 Å². The first-order valence-electron chi connectivity index (χ1n) is 10.0. The molecule has 1 N–H and O–H groups in total. The summed E-state index contributed by atoms with van der Waals surface area (Å²) in [5.74, 6) is 0.609. The summed E-state index contributed by atoms with van der Waals surface area (Å²) in [5, 5.41) is 23.6. The second-order valence-electron chi connectivity index (χ2n) is 7.26. The molecule has 0 spiro atoms. The minimum absolute atomic E-state index is 0.161. The van der Waals surface area contributed by atoms with Gasteiger partial charge >= 0.3 is 0 Å². The lowest BCUT2D eigenvalue weighted by molar-refractivity contribution is 0.395. The molecule has 0 radical (unpaired) electrons. The van der Waals surface area contributed by atoms with E-state index in [0.29, 0.717) is 11.4 Å². The molecule has 0 atom stereocenters. The van der Waals surface area contributed by atoms with Crippen molar-refractivity contribution in [3.05, 3.63) is 132 Å². The van der Waals surface area contributed by atoms with Gasteiger partial charge in [0, 0.05) is 5.56 Å². The number of benzene rings is 4. The Morgan fingerprint density at radius 1 is 0.613 bits per heavy atom. The van der Waals surface area contributed by atoms with Gasteiger partial charge in [-0.25, -0.2) is 0 Å². The van der Waals surface area contributed by atoms with Crippen molar-refractivity contribution in [1.82, 2.24) is 20.2 Å². The van der Waals surface area contributed by atoms with E-state index in [-0.39, 0.29) is 5.75 Å². The van der Waals surface area contributed by atoms with Gasteiger partial charge in [-0.2, -0.15) is 0 Å². The lowest BCUT2D eigenvalue weighted by Crippen LogP contribution is -2.39. The SMILES string of the molecule is Oc1cccc(-c2nnn(C(c3ccccc3)(c3ccccc3)c3ccccc3)n2)c1. The lowest BCUT2D eigenvalue weighted by Gasteiger charge is -2.34. The van der Waals surface area contributed by atoms with E-state index in [1.807, 2.05) is 60.7 Å². The van der Waals surface area contributed by atoms with Crippen molar-refractivity contribution in [2.45, 2.75) is 5.54 Å². The highest BCUT2D eigenvalue weighted by atomic mass is 16.3. The van der Waals surface area contributed by atoms with Crippen LogP contribution in [0.1, 0.15) is 16.7 Å². The minimum Gasteiger partial charge on any atom is -0.508 e. The number of phenols is 1. The molecule has 0 aliphatic carbocycles. The second-order valence-corrected chi connectivity index (χ2v) is 7.26. The van der Waals surface area contributed by atoms with Crippen LogP contribution in [0.4, 0.5) is 0 Å². The Balaban J connectivity index is 1.81. The molecule has 0 saturated carbocycles. The number of aromatic hydroxyl groups is 1. The van der Waals surface area contributed by atoms with Gasteiger partial charge < -0.3 is 5.11 Å². The molecule has 0 unspecified atom stereocenters. The predicted molar refractivity (Wildman–Crippen MR) is 120 cm³/mol. The zero-order valence-electron chi connectivity index (χ0n) is 16.7. The van der Waals surface area contributed by atoms with Crippen LogP contribution in [-0.4, -0.2) is 25.3 Å². The minimum atomic E-state index is -0.814. The Kier molecular flexibility index (Phi) is 4.77. The molecule has 5 rings (SSSR count). The van der Waals surface area contributed by atoms with Crippen molar-refractivity contribution in [3.8, 4) is 17.1 Å². The largest absolute Gasteiger partial charge is 0.508 e. The van der Waals surface area contributed by atoms with E-state index in [4.69, 9.17) is 5.10 Å². The third kappa shape index (κ3) is 3.26. The van der Waals surface area contributed by atoms with Gasteiger partial charge in [-0.1, -0.05) is 103 Å². The maximum Gasteiger partial charge on any atom is 0.205 e. The summed E-state index contributed by atoms with van der Waals surface area (Å²) in [7, 11) is 0. The number of phenolic OH excluding ortho intramolecular Hbond substituents is 1. The highest BCUT2D eigenvalue weighted by Gasteiger charge is 2.41. The smallest absolute Gasteiger partial charge is 0.205 e. The fourth-order valence-corrected chi connectivity index (χ4v) is 4.00. The van der Waals surface area contributed by atoms with E-state index in [1.54, 1.807) is 23.0 Å². The summed E-state index contributed by atoms with van der Waals surface area (Å²) < 4.78 is 0. The number of hydrogen-bond donors (Lipinski definition) is 1.